The highest BCUT2D eigenvalue weighted by Gasteiger charge is 2.36. The fraction of sp³-hybridized carbons (Fsp3) is 0.167. The van der Waals surface area contributed by atoms with Crippen LogP contribution in [0, 0.1) is 5.92 Å². The molecular weight excluding hydrogens is 393 g/mol. The van der Waals surface area contributed by atoms with Gasteiger partial charge in [0.25, 0.3) is 0 Å². The number of carbonyl (C=O) groups is 2. The van der Waals surface area contributed by atoms with E-state index < -0.39 is 23.6 Å². The van der Waals surface area contributed by atoms with E-state index in [1.165, 1.54) is 24.3 Å². The van der Waals surface area contributed by atoms with Crippen LogP contribution in [0.25, 0.3) is 11.1 Å². The van der Waals surface area contributed by atoms with E-state index in [1.807, 2.05) is 0 Å². The highest BCUT2D eigenvalue weighted by molar-refractivity contribution is 6.04. The number of alkyl halides is 3. The molecule has 152 valence electrons. The van der Waals surface area contributed by atoms with Crippen LogP contribution in [-0.4, -0.2) is 16.9 Å². The lowest BCUT2D eigenvalue weighted by molar-refractivity contribution is -0.137. The zero-order chi connectivity index (χ0) is 21.5. The molecule has 0 saturated heterocycles. The highest BCUT2D eigenvalue weighted by atomic mass is 19.4. The normalized spacial score (nSPS) is 15.8. The first-order chi connectivity index (χ1) is 14.3. The van der Waals surface area contributed by atoms with Crippen LogP contribution >= 0.6 is 0 Å². The molecular formula is C24H17F3O3. The zero-order valence-electron chi connectivity index (χ0n) is 15.7. The van der Waals surface area contributed by atoms with Gasteiger partial charge in [-0.15, -0.1) is 0 Å². The Morgan fingerprint density at radius 1 is 0.900 bits per heavy atom. The minimum atomic E-state index is -4.49. The lowest BCUT2D eigenvalue weighted by Gasteiger charge is -2.15. The van der Waals surface area contributed by atoms with E-state index in [-0.39, 0.29) is 16.9 Å². The number of carbonyl (C=O) groups excluding carboxylic acids is 1. The number of hydrogen-bond donors (Lipinski definition) is 1. The van der Waals surface area contributed by atoms with Crippen molar-refractivity contribution in [3.05, 3.63) is 94.5 Å². The van der Waals surface area contributed by atoms with Gasteiger partial charge in [-0.3, -0.25) is 4.79 Å². The van der Waals surface area contributed by atoms with E-state index in [2.05, 4.69) is 0 Å². The topological polar surface area (TPSA) is 54.4 Å². The van der Waals surface area contributed by atoms with Gasteiger partial charge in [-0.25, -0.2) is 4.79 Å². The van der Waals surface area contributed by atoms with Crippen molar-refractivity contribution in [2.75, 3.05) is 0 Å². The Bertz CT molecular complexity index is 1130. The summed E-state index contributed by atoms with van der Waals surface area (Å²) < 4.78 is 40.5. The van der Waals surface area contributed by atoms with Crippen molar-refractivity contribution >= 4 is 11.8 Å². The molecule has 30 heavy (non-hydrogen) atoms. The third-order valence-corrected chi connectivity index (χ3v) is 5.47. The lowest BCUT2D eigenvalue weighted by Crippen LogP contribution is -2.12. The predicted molar refractivity (Wildman–Crippen MR) is 106 cm³/mol. The van der Waals surface area contributed by atoms with Crippen molar-refractivity contribution in [1.29, 1.82) is 0 Å². The fourth-order valence-electron chi connectivity index (χ4n) is 4.05. The molecule has 0 bridgehead atoms. The first-order valence-corrected chi connectivity index (χ1v) is 9.40. The number of halogens is 3. The van der Waals surface area contributed by atoms with Gasteiger partial charge in [0.1, 0.15) is 0 Å². The van der Waals surface area contributed by atoms with Crippen LogP contribution in [0.15, 0.2) is 66.7 Å². The smallest absolute Gasteiger partial charge is 0.417 e. The molecule has 0 spiro atoms. The molecule has 0 radical (unpaired) electrons. The number of carboxylic acid groups (broad SMARTS) is 1. The summed E-state index contributed by atoms with van der Waals surface area (Å²) in [5.74, 6) is -1.52. The highest BCUT2D eigenvalue weighted by Crippen LogP contribution is 2.41. The Kier molecular flexibility index (Phi) is 4.94. The van der Waals surface area contributed by atoms with Crippen LogP contribution < -0.4 is 0 Å². The first kappa shape index (κ1) is 19.9. The summed E-state index contributed by atoms with van der Waals surface area (Å²) in [4.78, 5) is 23.9. The molecule has 1 atom stereocenters. The molecule has 0 saturated carbocycles. The van der Waals surface area contributed by atoms with Crippen molar-refractivity contribution in [2.45, 2.75) is 19.0 Å². The summed E-state index contributed by atoms with van der Waals surface area (Å²) in [6.45, 7) is 0. The third kappa shape index (κ3) is 3.61. The fourth-order valence-corrected chi connectivity index (χ4v) is 4.05. The number of fused-ring (bicyclic) bond motifs is 1. The van der Waals surface area contributed by atoms with Crippen LogP contribution in [0.5, 0.6) is 0 Å². The van der Waals surface area contributed by atoms with Crippen molar-refractivity contribution in [3.63, 3.8) is 0 Å². The Hall–Kier alpha value is -3.41. The molecule has 1 unspecified atom stereocenters. The van der Waals surface area contributed by atoms with Gasteiger partial charge in [0, 0.05) is 11.5 Å². The SMILES string of the molecule is O=C(O)c1ccc(CC2Cc3c(cccc3-c3ccccc3C(F)(F)F)C2=O)cc1. The first-order valence-electron chi connectivity index (χ1n) is 9.40. The van der Waals surface area contributed by atoms with Crippen molar-refractivity contribution in [3.8, 4) is 11.1 Å². The Labute approximate surface area is 170 Å². The molecule has 1 aliphatic rings. The molecule has 0 aliphatic heterocycles. The summed E-state index contributed by atoms with van der Waals surface area (Å²) in [5.41, 5.74) is 1.83. The minimum absolute atomic E-state index is 0.0705. The average Bonchev–Trinajstić information content (AvgIpc) is 3.03. The summed E-state index contributed by atoms with van der Waals surface area (Å²) in [7, 11) is 0. The summed E-state index contributed by atoms with van der Waals surface area (Å²) in [6.07, 6.45) is -3.75. The molecule has 3 aromatic rings. The van der Waals surface area contributed by atoms with Crippen molar-refractivity contribution < 1.29 is 27.9 Å². The monoisotopic (exact) mass is 410 g/mol. The number of ketones is 1. The molecule has 3 aromatic carbocycles. The van der Waals surface area contributed by atoms with Crippen molar-refractivity contribution in [2.24, 2.45) is 5.92 Å². The Balaban J connectivity index is 1.67. The van der Waals surface area contributed by atoms with Crippen LogP contribution in [0.1, 0.15) is 37.4 Å². The van der Waals surface area contributed by atoms with Gasteiger partial charge in [-0.05, 0) is 53.3 Å². The van der Waals surface area contributed by atoms with E-state index in [1.54, 1.807) is 36.4 Å². The average molecular weight is 410 g/mol. The molecule has 0 fully saturated rings. The van der Waals surface area contributed by atoms with Gasteiger partial charge in [0.15, 0.2) is 5.78 Å². The molecule has 6 heteroatoms. The van der Waals surface area contributed by atoms with Crippen LogP contribution in [0.2, 0.25) is 0 Å². The van der Waals surface area contributed by atoms with Crippen LogP contribution in [0.3, 0.4) is 0 Å². The quantitative estimate of drug-likeness (QED) is 0.603. The van der Waals surface area contributed by atoms with Crippen molar-refractivity contribution in [1.82, 2.24) is 0 Å². The van der Waals surface area contributed by atoms with E-state index in [0.717, 1.165) is 11.6 Å². The summed E-state index contributed by atoms with van der Waals surface area (Å²) in [5, 5.41) is 9.00. The zero-order valence-corrected chi connectivity index (χ0v) is 15.7. The third-order valence-electron chi connectivity index (χ3n) is 5.47. The second-order valence-corrected chi connectivity index (χ2v) is 7.35. The lowest BCUT2D eigenvalue weighted by atomic mass is 9.92. The standard InChI is InChI=1S/C24H17F3O3/c25-24(26,27)21-7-2-1-4-18(21)17-5-3-6-19-20(17)13-16(22(19)28)12-14-8-10-15(11-9-14)23(29)30/h1-11,16H,12-13H2,(H,29,30). The van der Waals surface area contributed by atoms with E-state index in [4.69, 9.17) is 5.11 Å². The number of benzene rings is 3. The van der Waals surface area contributed by atoms with Gasteiger partial charge in [0.2, 0.25) is 0 Å². The van der Waals surface area contributed by atoms with Crippen LogP contribution in [-0.2, 0) is 19.0 Å². The summed E-state index contributed by atoms with van der Waals surface area (Å²) in [6, 6.07) is 16.6. The van der Waals surface area contributed by atoms with Gasteiger partial charge in [0.05, 0.1) is 11.1 Å². The molecule has 0 aromatic heterocycles. The number of rotatable bonds is 4. The maximum atomic E-state index is 13.5. The number of aromatic carboxylic acids is 1. The van der Waals surface area contributed by atoms with Gasteiger partial charge in [-0.2, -0.15) is 13.2 Å². The maximum Gasteiger partial charge on any atom is 0.417 e. The summed E-state index contributed by atoms with van der Waals surface area (Å²) >= 11 is 0. The second-order valence-electron chi connectivity index (χ2n) is 7.35. The molecule has 1 aliphatic carbocycles. The Morgan fingerprint density at radius 3 is 2.20 bits per heavy atom. The maximum absolute atomic E-state index is 13.5. The van der Waals surface area contributed by atoms with Gasteiger partial charge >= 0.3 is 12.1 Å². The number of hydrogen-bond acceptors (Lipinski definition) is 2. The molecule has 1 N–H and O–H groups in total. The molecule has 0 amide bonds. The van der Waals surface area contributed by atoms with Crippen LogP contribution in [0.4, 0.5) is 13.2 Å². The van der Waals surface area contributed by atoms with Gasteiger partial charge < -0.3 is 5.11 Å². The minimum Gasteiger partial charge on any atom is -0.478 e. The Morgan fingerprint density at radius 2 is 1.53 bits per heavy atom. The number of Topliss-reactive ketones (excluding diaryl/α,β-unsaturated/α-hetero) is 1. The van der Waals surface area contributed by atoms with E-state index in [9.17, 15) is 22.8 Å². The molecule has 0 heterocycles. The second kappa shape index (κ2) is 7.44. The van der Waals surface area contributed by atoms with Gasteiger partial charge in [-0.1, -0.05) is 48.5 Å². The number of carboxylic acids is 1. The predicted octanol–water partition coefficient (Wildman–Crippen LogP) is 5.67. The molecule has 3 nitrogen and oxygen atoms in total. The van der Waals surface area contributed by atoms with E-state index >= 15 is 0 Å². The molecule has 4 rings (SSSR count). The largest absolute Gasteiger partial charge is 0.478 e. The van der Waals surface area contributed by atoms with E-state index in [0.29, 0.717) is 29.5 Å².